The number of nitro groups is 1. The lowest BCUT2D eigenvalue weighted by atomic mass is 10.1. The molecule has 6 heteroatoms. The number of rotatable bonds is 5. The fourth-order valence-electron chi connectivity index (χ4n) is 3.33. The van der Waals surface area contributed by atoms with Gasteiger partial charge in [0.05, 0.1) is 4.92 Å². The molecule has 2 aromatic carbocycles. The molecular formula is C20H23N3O3. The zero-order valence-electron chi connectivity index (χ0n) is 15.1. The number of piperazine rings is 1. The average Bonchev–Trinajstić information content (AvgIpc) is 2.63. The number of aryl methyl sites for hydroxylation is 1. The van der Waals surface area contributed by atoms with E-state index in [2.05, 4.69) is 30.0 Å². The van der Waals surface area contributed by atoms with Gasteiger partial charge in [0, 0.05) is 44.4 Å². The number of anilines is 1. The smallest absolute Gasteiger partial charge is 0.293 e. The van der Waals surface area contributed by atoms with E-state index in [4.69, 9.17) is 0 Å². The van der Waals surface area contributed by atoms with Gasteiger partial charge in [0.1, 0.15) is 5.69 Å². The van der Waals surface area contributed by atoms with Crippen LogP contribution in [0.1, 0.15) is 28.4 Å². The third kappa shape index (κ3) is 3.91. The molecule has 0 atom stereocenters. The van der Waals surface area contributed by atoms with E-state index in [1.54, 1.807) is 12.1 Å². The van der Waals surface area contributed by atoms with Crippen LogP contribution < -0.4 is 4.90 Å². The van der Waals surface area contributed by atoms with Crippen molar-refractivity contribution in [1.82, 2.24) is 4.90 Å². The molecule has 0 bridgehead atoms. The topological polar surface area (TPSA) is 66.7 Å². The second-order valence-corrected chi connectivity index (χ2v) is 6.71. The summed E-state index contributed by atoms with van der Waals surface area (Å²) >= 11 is 0. The summed E-state index contributed by atoms with van der Waals surface area (Å²) in [5, 5.41) is 11.4. The van der Waals surface area contributed by atoms with Gasteiger partial charge in [-0.2, -0.15) is 0 Å². The number of Topliss-reactive ketones (excluding diaryl/α,β-unsaturated/α-hetero) is 1. The molecule has 0 N–H and O–H groups in total. The Morgan fingerprint density at radius 2 is 1.81 bits per heavy atom. The van der Waals surface area contributed by atoms with E-state index in [0.29, 0.717) is 11.3 Å². The van der Waals surface area contributed by atoms with E-state index in [9.17, 15) is 14.9 Å². The summed E-state index contributed by atoms with van der Waals surface area (Å²) in [5.41, 5.74) is 3.57. The molecule has 1 heterocycles. The summed E-state index contributed by atoms with van der Waals surface area (Å²) in [6.07, 6.45) is 0. The molecule has 0 amide bonds. The van der Waals surface area contributed by atoms with Gasteiger partial charge in [-0.3, -0.25) is 19.8 Å². The predicted octanol–water partition coefficient (Wildman–Crippen LogP) is 3.43. The molecule has 0 spiro atoms. The van der Waals surface area contributed by atoms with Crippen molar-refractivity contribution < 1.29 is 9.72 Å². The minimum atomic E-state index is -0.401. The molecule has 1 aliphatic heterocycles. The minimum absolute atomic E-state index is 0.00468. The molecule has 1 aliphatic rings. The Bertz CT molecular complexity index is 827. The number of nitro benzene ring substituents is 1. The Hall–Kier alpha value is -2.73. The highest BCUT2D eigenvalue weighted by Gasteiger charge is 2.24. The van der Waals surface area contributed by atoms with Crippen LogP contribution in [0.15, 0.2) is 42.5 Å². The fraction of sp³-hybridized carbons (Fsp3) is 0.350. The van der Waals surface area contributed by atoms with Crippen LogP contribution in [0.25, 0.3) is 0 Å². The Labute approximate surface area is 153 Å². The van der Waals surface area contributed by atoms with Crippen LogP contribution in [0.4, 0.5) is 11.4 Å². The summed E-state index contributed by atoms with van der Waals surface area (Å²) in [7, 11) is 0. The summed E-state index contributed by atoms with van der Waals surface area (Å²) in [4.78, 5) is 27.0. The van der Waals surface area contributed by atoms with Gasteiger partial charge in [-0.1, -0.05) is 24.3 Å². The number of nitrogens with zero attached hydrogens (tertiary/aromatic N) is 3. The number of hydrogen-bond acceptors (Lipinski definition) is 5. The fourth-order valence-corrected chi connectivity index (χ4v) is 3.33. The third-order valence-electron chi connectivity index (χ3n) is 4.95. The van der Waals surface area contributed by atoms with Crippen LogP contribution in [0, 0.1) is 17.0 Å². The number of ketones is 1. The first kappa shape index (κ1) is 18.1. The number of benzene rings is 2. The normalized spacial score (nSPS) is 15.1. The second kappa shape index (κ2) is 7.66. The van der Waals surface area contributed by atoms with Gasteiger partial charge in [-0.25, -0.2) is 0 Å². The minimum Gasteiger partial charge on any atom is -0.363 e. The van der Waals surface area contributed by atoms with E-state index in [-0.39, 0.29) is 11.5 Å². The van der Waals surface area contributed by atoms with Crippen molar-refractivity contribution in [3.63, 3.8) is 0 Å². The quantitative estimate of drug-likeness (QED) is 0.468. The second-order valence-electron chi connectivity index (χ2n) is 6.71. The van der Waals surface area contributed by atoms with Gasteiger partial charge < -0.3 is 4.90 Å². The molecule has 3 rings (SSSR count). The highest BCUT2D eigenvalue weighted by atomic mass is 16.6. The van der Waals surface area contributed by atoms with Crippen LogP contribution in [-0.4, -0.2) is 41.8 Å². The van der Waals surface area contributed by atoms with E-state index in [0.717, 1.165) is 32.7 Å². The molecule has 0 aliphatic carbocycles. The maximum absolute atomic E-state index is 11.5. The summed E-state index contributed by atoms with van der Waals surface area (Å²) < 4.78 is 0. The van der Waals surface area contributed by atoms with Gasteiger partial charge in [-0.05, 0) is 37.1 Å². The lowest BCUT2D eigenvalue weighted by Crippen LogP contribution is -2.46. The van der Waals surface area contributed by atoms with E-state index >= 15 is 0 Å². The molecule has 1 saturated heterocycles. The Kier molecular flexibility index (Phi) is 5.32. The van der Waals surface area contributed by atoms with Crippen molar-refractivity contribution in [3.05, 3.63) is 69.3 Å². The zero-order valence-corrected chi connectivity index (χ0v) is 15.1. The van der Waals surface area contributed by atoms with Crippen LogP contribution in [-0.2, 0) is 6.54 Å². The molecule has 0 radical (unpaired) electrons. The molecule has 6 nitrogen and oxygen atoms in total. The molecule has 136 valence electrons. The first-order chi connectivity index (χ1) is 12.5. The Balaban J connectivity index is 1.71. The lowest BCUT2D eigenvalue weighted by Gasteiger charge is -2.36. The van der Waals surface area contributed by atoms with Crippen LogP contribution in [0.3, 0.4) is 0 Å². The number of carbonyl (C=O) groups is 1. The largest absolute Gasteiger partial charge is 0.363 e. The van der Waals surface area contributed by atoms with Crippen molar-refractivity contribution in [3.8, 4) is 0 Å². The van der Waals surface area contributed by atoms with Crippen molar-refractivity contribution in [2.75, 3.05) is 31.1 Å². The van der Waals surface area contributed by atoms with E-state index in [1.807, 2.05) is 11.0 Å². The van der Waals surface area contributed by atoms with Crippen LogP contribution >= 0.6 is 0 Å². The summed E-state index contributed by atoms with van der Waals surface area (Å²) in [6.45, 7) is 7.58. The summed E-state index contributed by atoms with van der Waals surface area (Å²) in [5.74, 6) is -0.164. The average molecular weight is 353 g/mol. The monoisotopic (exact) mass is 353 g/mol. The maximum atomic E-state index is 11.5. The Morgan fingerprint density at radius 1 is 1.12 bits per heavy atom. The zero-order chi connectivity index (χ0) is 18.7. The highest BCUT2D eigenvalue weighted by molar-refractivity contribution is 5.95. The van der Waals surface area contributed by atoms with Gasteiger partial charge >= 0.3 is 0 Å². The van der Waals surface area contributed by atoms with E-state index < -0.39 is 4.92 Å². The van der Waals surface area contributed by atoms with Crippen molar-refractivity contribution in [2.24, 2.45) is 0 Å². The first-order valence-electron chi connectivity index (χ1n) is 8.77. The maximum Gasteiger partial charge on any atom is 0.293 e. The number of carbonyl (C=O) groups excluding carboxylic acids is 1. The van der Waals surface area contributed by atoms with Crippen molar-refractivity contribution in [2.45, 2.75) is 20.4 Å². The van der Waals surface area contributed by atoms with Gasteiger partial charge in [0.15, 0.2) is 5.78 Å². The molecular weight excluding hydrogens is 330 g/mol. The first-order valence-corrected chi connectivity index (χ1v) is 8.77. The molecule has 0 saturated carbocycles. The molecule has 26 heavy (non-hydrogen) atoms. The van der Waals surface area contributed by atoms with Gasteiger partial charge in [0.25, 0.3) is 5.69 Å². The predicted molar refractivity (Wildman–Crippen MR) is 102 cm³/mol. The van der Waals surface area contributed by atoms with Gasteiger partial charge in [0.2, 0.25) is 0 Å². The molecule has 0 unspecified atom stereocenters. The lowest BCUT2D eigenvalue weighted by molar-refractivity contribution is -0.384. The van der Waals surface area contributed by atoms with Crippen molar-refractivity contribution in [1.29, 1.82) is 0 Å². The van der Waals surface area contributed by atoms with E-state index in [1.165, 1.54) is 24.1 Å². The molecule has 0 aromatic heterocycles. The molecule has 2 aromatic rings. The Morgan fingerprint density at radius 3 is 2.42 bits per heavy atom. The standard InChI is InChI=1S/C20H23N3O3/c1-15-5-3-4-6-18(15)14-21-9-11-22(12-10-21)19-8-7-17(16(2)24)13-20(19)23(25)26/h3-8,13H,9-12,14H2,1-2H3. The number of hydrogen-bond donors (Lipinski definition) is 0. The SMILES string of the molecule is CC(=O)c1ccc(N2CCN(Cc3ccccc3C)CC2)c([N+](=O)[O-])c1. The van der Waals surface area contributed by atoms with Crippen LogP contribution in [0.2, 0.25) is 0 Å². The third-order valence-corrected chi connectivity index (χ3v) is 4.95. The molecule has 1 fully saturated rings. The summed E-state index contributed by atoms with van der Waals surface area (Å²) in [6, 6.07) is 13.1. The van der Waals surface area contributed by atoms with Crippen LogP contribution in [0.5, 0.6) is 0 Å². The highest BCUT2D eigenvalue weighted by Crippen LogP contribution is 2.30. The van der Waals surface area contributed by atoms with Gasteiger partial charge in [-0.15, -0.1) is 0 Å². The van der Waals surface area contributed by atoms with Crippen molar-refractivity contribution >= 4 is 17.2 Å².